The molecular formula is C20H44OS. The Morgan fingerprint density at radius 1 is 0.636 bits per heavy atom. The van der Waals surface area contributed by atoms with E-state index in [0.29, 0.717) is 0 Å². The van der Waals surface area contributed by atoms with Gasteiger partial charge in [0, 0.05) is 0 Å². The molecule has 0 saturated heterocycles. The Morgan fingerprint density at radius 3 is 1.05 bits per heavy atom. The predicted molar refractivity (Wildman–Crippen MR) is 114 cm³/mol. The van der Waals surface area contributed by atoms with Gasteiger partial charge < -0.3 is 4.74 Å². The Hall–Kier alpha value is -0.890. The van der Waals surface area contributed by atoms with Crippen molar-refractivity contribution in [2.45, 2.75) is 69.2 Å². The number of allylic oxidation sites excluding steroid dienone is 6. The van der Waals surface area contributed by atoms with Crippen molar-refractivity contribution in [3.05, 3.63) is 48.1 Å². The van der Waals surface area contributed by atoms with Gasteiger partial charge in [-0.05, 0) is 39.4 Å². The first-order chi connectivity index (χ1) is 10.7. The van der Waals surface area contributed by atoms with E-state index < -0.39 is 0 Å². The molecule has 0 aromatic rings. The van der Waals surface area contributed by atoms with Crippen LogP contribution in [0.3, 0.4) is 0 Å². The number of rotatable bonds is 3. The average molecular weight is 333 g/mol. The summed E-state index contributed by atoms with van der Waals surface area (Å²) in [6.45, 7) is 19.9. The van der Waals surface area contributed by atoms with Crippen molar-refractivity contribution < 1.29 is 4.74 Å². The molecule has 0 N–H and O–H groups in total. The van der Waals surface area contributed by atoms with Crippen molar-refractivity contribution in [1.82, 2.24) is 0 Å². The van der Waals surface area contributed by atoms with Gasteiger partial charge >= 0.3 is 0 Å². The van der Waals surface area contributed by atoms with E-state index in [1.54, 1.807) is 25.1 Å². The van der Waals surface area contributed by atoms with Crippen LogP contribution in [0.1, 0.15) is 69.2 Å². The third kappa shape index (κ3) is 168. The summed E-state index contributed by atoms with van der Waals surface area (Å²) in [4.78, 5) is 0. The minimum Gasteiger partial charge on any atom is -0.505 e. The van der Waals surface area contributed by atoms with E-state index in [9.17, 15) is 0 Å². The molecule has 2 heteroatoms. The van der Waals surface area contributed by atoms with Gasteiger partial charge in [0.2, 0.25) is 0 Å². The fraction of sp³-hybridized carbons (Fsp3) is 0.600. The van der Waals surface area contributed by atoms with Crippen LogP contribution in [-0.2, 0) is 4.74 Å². The molecular weight excluding hydrogens is 288 g/mol. The van der Waals surface area contributed by atoms with Gasteiger partial charge in [0.25, 0.3) is 0 Å². The monoisotopic (exact) mass is 332 g/mol. The van der Waals surface area contributed by atoms with Gasteiger partial charge in [0.05, 0.1) is 13.4 Å². The van der Waals surface area contributed by atoms with Crippen molar-refractivity contribution in [2.24, 2.45) is 0 Å². The minimum absolute atomic E-state index is 1.62. The van der Waals surface area contributed by atoms with Crippen LogP contribution in [-0.4, -0.2) is 13.4 Å². The lowest BCUT2D eigenvalue weighted by Crippen LogP contribution is -1.57. The fourth-order valence-corrected chi connectivity index (χ4v) is 0.767. The highest BCUT2D eigenvalue weighted by molar-refractivity contribution is 8.01. The molecule has 0 aromatic heterocycles. The number of hydrogen-bond donors (Lipinski definition) is 0. The zero-order chi connectivity index (χ0) is 19.1. The van der Waals surface area contributed by atoms with Gasteiger partial charge in [-0.3, -0.25) is 0 Å². The molecule has 0 bridgehead atoms. The maximum Gasteiger partial charge on any atom is 0.0781 e. The Bertz CT molecular complexity index is 170. The highest BCUT2D eigenvalue weighted by Gasteiger charge is 1.51. The normalized spacial score (nSPS) is 8.36. The van der Waals surface area contributed by atoms with Crippen LogP contribution in [0, 0.1) is 0 Å². The third-order valence-electron chi connectivity index (χ3n) is 1.04. The highest BCUT2D eigenvalue weighted by Crippen LogP contribution is 1.89. The summed E-state index contributed by atoms with van der Waals surface area (Å²) in [5.41, 5.74) is 0. The maximum absolute atomic E-state index is 4.51. The summed E-state index contributed by atoms with van der Waals surface area (Å²) < 4.78 is 4.51. The molecule has 0 saturated carbocycles. The summed E-state index contributed by atoms with van der Waals surface area (Å²) in [5, 5.41) is 2.04. The molecule has 0 heterocycles. The molecule has 0 aliphatic rings. The lowest BCUT2D eigenvalue weighted by atomic mass is 10.5. The number of thioether (sulfide) groups is 1. The quantitative estimate of drug-likeness (QED) is 0.380. The molecule has 0 rings (SSSR count). The van der Waals surface area contributed by atoms with E-state index in [4.69, 9.17) is 0 Å². The van der Waals surface area contributed by atoms with E-state index in [1.165, 1.54) is 0 Å². The summed E-state index contributed by atoms with van der Waals surface area (Å²) in [5.74, 6) is 0. The predicted octanol–water partition coefficient (Wildman–Crippen LogP) is 8.27. The van der Waals surface area contributed by atoms with Gasteiger partial charge in [0.15, 0.2) is 0 Å². The molecule has 1 nitrogen and oxygen atoms in total. The first-order valence-corrected chi connectivity index (χ1v) is 9.55. The molecule has 0 aromatic carbocycles. The zero-order valence-corrected chi connectivity index (χ0v) is 18.3. The van der Waals surface area contributed by atoms with E-state index in [2.05, 4.69) is 4.74 Å². The van der Waals surface area contributed by atoms with Gasteiger partial charge in [0.1, 0.15) is 0 Å². The second kappa shape index (κ2) is 88.5. The number of methoxy groups -OCH3 is 1. The zero-order valence-electron chi connectivity index (χ0n) is 17.4. The molecule has 0 radical (unpaired) electrons. The van der Waals surface area contributed by atoms with Crippen LogP contribution in [0.5, 0.6) is 0 Å². The summed E-state index contributed by atoms with van der Waals surface area (Å²) in [6, 6.07) is 0. The highest BCUT2D eigenvalue weighted by atomic mass is 32.2. The van der Waals surface area contributed by atoms with E-state index in [1.807, 2.05) is 117 Å². The molecule has 0 spiro atoms. The SMILES string of the molecule is C/C=C\C=C/C.C/C=C\OC.C/C=C\SC.CC.CC.CC. The average Bonchev–Trinajstić information content (AvgIpc) is 2.61. The lowest BCUT2D eigenvalue weighted by molar-refractivity contribution is 0.337. The molecule has 0 atom stereocenters. The standard InChI is InChI=1S/C6H10.C4H8O.C4H8S.3C2H6/c1-3-5-6-4-2;2*1-3-4-5-2;3*1-2/h3-6H,1-2H3;2*3-4H,1-2H3;3*1-2H3/b5-3-,6-4-;2*4-3-;;;. The van der Waals surface area contributed by atoms with Gasteiger partial charge in [-0.25, -0.2) is 0 Å². The Kier molecular flexibility index (Phi) is 150. The van der Waals surface area contributed by atoms with Crippen LogP contribution in [0.4, 0.5) is 0 Å². The number of hydrogen-bond acceptors (Lipinski definition) is 2. The van der Waals surface area contributed by atoms with E-state index in [0.717, 1.165) is 0 Å². The van der Waals surface area contributed by atoms with Crippen molar-refractivity contribution in [2.75, 3.05) is 13.4 Å². The maximum atomic E-state index is 4.51. The van der Waals surface area contributed by atoms with Crippen molar-refractivity contribution in [1.29, 1.82) is 0 Å². The first-order valence-electron chi connectivity index (χ1n) is 8.26. The summed E-state index contributed by atoms with van der Waals surface area (Å²) in [7, 11) is 1.62. The van der Waals surface area contributed by atoms with Crippen LogP contribution in [0.15, 0.2) is 48.1 Å². The number of ether oxygens (including phenoxy) is 1. The molecule has 22 heavy (non-hydrogen) atoms. The molecule has 0 unspecified atom stereocenters. The second-order valence-electron chi connectivity index (χ2n) is 2.46. The first kappa shape index (κ1) is 37.4. The van der Waals surface area contributed by atoms with Crippen molar-refractivity contribution in [3.63, 3.8) is 0 Å². The summed E-state index contributed by atoms with van der Waals surface area (Å²) in [6.07, 6.45) is 15.5. The van der Waals surface area contributed by atoms with Crippen LogP contribution in [0.25, 0.3) is 0 Å². The molecule has 0 aliphatic carbocycles. The van der Waals surface area contributed by atoms with Gasteiger partial charge in [-0.15, -0.1) is 11.8 Å². The van der Waals surface area contributed by atoms with Crippen LogP contribution < -0.4 is 0 Å². The topological polar surface area (TPSA) is 9.23 Å². The van der Waals surface area contributed by atoms with Crippen LogP contribution >= 0.6 is 11.8 Å². The van der Waals surface area contributed by atoms with Crippen molar-refractivity contribution in [3.8, 4) is 0 Å². The molecule has 0 aliphatic heterocycles. The Morgan fingerprint density at radius 2 is 1.00 bits per heavy atom. The smallest absolute Gasteiger partial charge is 0.0781 e. The Labute approximate surface area is 147 Å². The summed E-state index contributed by atoms with van der Waals surface area (Å²) >= 11 is 1.72. The van der Waals surface area contributed by atoms with E-state index in [-0.39, 0.29) is 0 Å². The largest absolute Gasteiger partial charge is 0.505 e. The van der Waals surface area contributed by atoms with Gasteiger partial charge in [-0.2, -0.15) is 0 Å². The van der Waals surface area contributed by atoms with Crippen LogP contribution in [0.2, 0.25) is 0 Å². The van der Waals surface area contributed by atoms with Crippen molar-refractivity contribution >= 4 is 11.8 Å². The lowest BCUT2D eigenvalue weighted by Gasteiger charge is -1.76. The third-order valence-corrected chi connectivity index (χ3v) is 1.58. The van der Waals surface area contributed by atoms with E-state index >= 15 is 0 Å². The van der Waals surface area contributed by atoms with Gasteiger partial charge in [-0.1, -0.05) is 78.0 Å². The molecule has 0 fully saturated rings. The minimum atomic E-state index is 1.62. The second-order valence-corrected chi connectivity index (χ2v) is 3.21. The molecule has 0 amide bonds. The molecule has 136 valence electrons. The fourth-order valence-electron chi connectivity index (χ4n) is 0.494. The Balaban J connectivity index is -0.0000000373.